The predicted octanol–water partition coefficient (Wildman–Crippen LogP) is 4.76. The molecule has 3 rings (SSSR count). The fourth-order valence-corrected chi connectivity index (χ4v) is 3.03. The molecule has 1 amide bonds. The number of carbonyl (C=O) groups is 1. The molecule has 2 aromatic carbocycles. The van der Waals surface area contributed by atoms with Gasteiger partial charge in [0.05, 0.1) is 21.2 Å². The summed E-state index contributed by atoms with van der Waals surface area (Å²) in [6.07, 6.45) is 0. The van der Waals surface area contributed by atoms with Gasteiger partial charge >= 0.3 is 0 Å². The Morgan fingerprint density at radius 1 is 1.24 bits per heavy atom. The number of nitro benzene ring substituents is 1. The van der Waals surface area contributed by atoms with Crippen LogP contribution >= 0.6 is 22.9 Å². The summed E-state index contributed by atoms with van der Waals surface area (Å²) in [6.45, 7) is 0. The van der Waals surface area contributed by atoms with Gasteiger partial charge in [-0.25, -0.2) is 9.37 Å². The molecule has 0 fully saturated rings. The van der Waals surface area contributed by atoms with E-state index >= 15 is 0 Å². The Kier molecular flexibility index (Phi) is 4.73. The maximum absolute atomic E-state index is 13.0. The van der Waals surface area contributed by atoms with Gasteiger partial charge in [0.2, 0.25) is 0 Å². The van der Waals surface area contributed by atoms with Crippen LogP contribution in [-0.2, 0) is 0 Å². The zero-order chi connectivity index (χ0) is 18.0. The molecule has 0 unspecified atom stereocenters. The lowest BCUT2D eigenvalue weighted by molar-refractivity contribution is -0.384. The van der Waals surface area contributed by atoms with Crippen molar-refractivity contribution in [2.24, 2.45) is 0 Å². The van der Waals surface area contributed by atoms with Gasteiger partial charge < -0.3 is 0 Å². The van der Waals surface area contributed by atoms with Crippen molar-refractivity contribution in [2.75, 3.05) is 5.32 Å². The van der Waals surface area contributed by atoms with Crippen molar-refractivity contribution < 1.29 is 14.1 Å². The fourth-order valence-electron chi connectivity index (χ4n) is 2.05. The van der Waals surface area contributed by atoms with E-state index in [9.17, 15) is 19.3 Å². The first-order valence-electron chi connectivity index (χ1n) is 6.91. The van der Waals surface area contributed by atoms with Crippen LogP contribution in [0.4, 0.5) is 15.2 Å². The van der Waals surface area contributed by atoms with Crippen molar-refractivity contribution in [1.82, 2.24) is 4.98 Å². The molecule has 0 spiro atoms. The molecule has 0 aliphatic rings. The highest BCUT2D eigenvalue weighted by atomic mass is 35.5. The van der Waals surface area contributed by atoms with Gasteiger partial charge in [-0.3, -0.25) is 20.2 Å². The lowest BCUT2D eigenvalue weighted by Gasteiger charge is -2.04. The van der Waals surface area contributed by atoms with Gasteiger partial charge in [0.15, 0.2) is 5.13 Å². The minimum Gasteiger partial charge on any atom is -0.298 e. The normalized spacial score (nSPS) is 10.5. The summed E-state index contributed by atoms with van der Waals surface area (Å²) in [6, 6.07) is 9.42. The number of rotatable bonds is 4. The van der Waals surface area contributed by atoms with Crippen LogP contribution in [0.5, 0.6) is 0 Å². The largest absolute Gasteiger partial charge is 0.298 e. The molecular weight excluding hydrogens is 369 g/mol. The Balaban J connectivity index is 1.78. The average Bonchev–Trinajstić information content (AvgIpc) is 3.03. The van der Waals surface area contributed by atoms with Crippen LogP contribution in [0.2, 0.25) is 5.02 Å². The Hall–Kier alpha value is -2.84. The van der Waals surface area contributed by atoms with Crippen LogP contribution in [0.3, 0.4) is 0 Å². The summed E-state index contributed by atoms with van der Waals surface area (Å²) in [7, 11) is 0. The number of amides is 1. The number of carbonyl (C=O) groups excluding carboxylic acids is 1. The standard InChI is InChI=1S/C16H9ClFN3O3S/c17-13-7-11(21(23)24)5-6-12(13)15(22)20-16-19-14(8-25-16)9-1-3-10(18)4-2-9/h1-8H,(H,19,20,22). The first-order valence-corrected chi connectivity index (χ1v) is 8.16. The van der Waals surface area contributed by atoms with E-state index < -0.39 is 10.8 Å². The molecule has 0 bridgehead atoms. The molecule has 0 aliphatic carbocycles. The smallest absolute Gasteiger partial charge is 0.270 e. The number of thiazole rings is 1. The zero-order valence-electron chi connectivity index (χ0n) is 12.4. The van der Waals surface area contributed by atoms with Crippen LogP contribution in [-0.4, -0.2) is 15.8 Å². The molecular formula is C16H9ClFN3O3S. The fraction of sp³-hybridized carbons (Fsp3) is 0. The number of nitro groups is 1. The van der Waals surface area contributed by atoms with Crippen molar-refractivity contribution in [3.63, 3.8) is 0 Å². The maximum atomic E-state index is 13.0. The second kappa shape index (κ2) is 6.96. The van der Waals surface area contributed by atoms with Crippen molar-refractivity contribution in [3.8, 4) is 11.3 Å². The molecule has 9 heteroatoms. The lowest BCUT2D eigenvalue weighted by atomic mass is 10.2. The second-order valence-corrected chi connectivity index (χ2v) is 6.19. The number of hydrogen-bond donors (Lipinski definition) is 1. The molecule has 0 saturated heterocycles. The highest BCUT2D eigenvalue weighted by molar-refractivity contribution is 7.14. The molecule has 0 saturated carbocycles. The topological polar surface area (TPSA) is 85.1 Å². The molecule has 0 radical (unpaired) electrons. The quantitative estimate of drug-likeness (QED) is 0.524. The molecule has 1 N–H and O–H groups in total. The van der Waals surface area contributed by atoms with E-state index in [1.807, 2.05) is 0 Å². The van der Waals surface area contributed by atoms with Gasteiger partial charge in [0, 0.05) is 23.1 Å². The van der Waals surface area contributed by atoms with Crippen molar-refractivity contribution in [1.29, 1.82) is 0 Å². The third-order valence-electron chi connectivity index (χ3n) is 3.27. The third kappa shape index (κ3) is 3.81. The summed E-state index contributed by atoms with van der Waals surface area (Å²) in [5, 5.41) is 15.3. The molecule has 1 aromatic heterocycles. The van der Waals surface area contributed by atoms with Crippen molar-refractivity contribution in [2.45, 2.75) is 0 Å². The molecule has 126 valence electrons. The summed E-state index contributed by atoms with van der Waals surface area (Å²) in [4.78, 5) is 26.6. The molecule has 0 atom stereocenters. The van der Waals surface area contributed by atoms with Crippen LogP contribution < -0.4 is 5.32 Å². The zero-order valence-corrected chi connectivity index (χ0v) is 14.0. The number of aromatic nitrogens is 1. The minimum atomic E-state index is -0.594. The van der Waals surface area contributed by atoms with Gasteiger partial charge in [-0.1, -0.05) is 11.6 Å². The van der Waals surface area contributed by atoms with E-state index in [1.54, 1.807) is 17.5 Å². The van der Waals surface area contributed by atoms with Gasteiger partial charge in [-0.2, -0.15) is 0 Å². The average molecular weight is 378 g/mol. The Morgan fingerprint density at radius 3 is 2.60 bits per heavy atom. The minimum absolute atomic E-state index is 0.0259. The van der Waals surface area contributed by atoms with Gasteiger partial charge in [-0.05, 0) is 30.3 Å². The molecule has 6 nitrogen and oxygen atoms in total. The van der Waals surface area contributed by atoms with Crippen LogP contribution in [0.15, 0.2) is 47.8 Å². The van der Waals surface area contributed by atoms with E-state index in [0.717, 1.165) is 6.07 Å². The Morgan fingerprint density at radius 2 is 1.96 bits per heavy atom. The molecule has 3 aromatic rings. The van der Waals surface area contributed by atoms with E-state index in [2.05, 4.69) is 10.3 Å². The van der Waals surface area contributed by atoms with Crippen LogP contribution in [0.25, 0.3) is 11.3 Å². The Labute approximate surface area is 150 Å². The number of halogens is 2. The predicted molar refractivity (Wildman–Crippen MR) is 93.6 cm³/mol. The number of hydrogen-bond acceptors (Lipinski definition) is 5. The summed E-state index contributed by atoms with van der Waals surface area (Å²) >= 11 is 7.13. The van der Waals surface area contributed by atoms with Gasteiger partial charge in [-0.15, -0.1) is 11.3 Å². The number of non-ortho nitro benzene ring substituents is 1. The first-order chi connectivity index (χ1) is 11.9. The van der Waals surface area contributed by atoms with Gasteiger partial charge in [0.25, 0.3) is 11.6 Å². The van der Waals surface area contributed by atoms with Crippen LogP contribution in [0, 0.1) is 15.9 Å². The Bertz CT molecular complexity index is 960. The summed E-state index contributed by atoms with van der Waals surface area (Å²) < 4.78 is 13.0. The number of nitrogens with one attached hydrogen (secondary N) is 1. The number of benzene rings is 2. The van der Waals surface area contributed by atoms with Gasteiger partial charge in [0.1, 0.15) is 5.82 Å². The number of nitrogens with zero attached hydrogens (tertiary/aromatic N) is 2. The van der Waals surface area contributed by atoms with E-state index in [-0.39, 0.29) is 22.1 Å². The van der Waals surface area contributed by atoms with E-state index in [4.69, 9.17) is 11.6 Å². The molecule has 25 heavy (non-hydrogen) atoms. The summed E-state index contributed by atoms with van der Waals surface area (Å²) in [5.74, 6) is -0.875. The maximum Gasteiger partial charge on any atom is 0.270 e. The summed E-state index contributed by atoms with van der Waals surface area (Å²) in [5.41, 5.74) is 1.21. The second-order valence-electron chi connectivity index (χ2n) is 4.92. The van der Waals surface area contributed by atoms with Crippen LogP contribution in [0.1, 0.15) is 10.4 Å². The third-order valence-corrected chi connectivity index (χ3v) is 4.34. The van der Waals surface area contributed by atoms with E-state index in [0.29, 0.717) is 16.4 Å². The van der Waals surface area contributed by atoms with Crippen molar-refractivity contribution in [3.05, 3.63) is 74.4 Å². The first kappa shape index (κ1) is 17.0. The highest BCUT2D eigenvalue weighted by Crippen LogP contribution is 2.27. The highest BCUT2D eigenvalue weighted by Gasteiger charge is 2.16. The van der Waals surface area contributed by atoms with Crippen molar-refractivity contribution >= 4 is 39.7 Å². The van der Waals surface area contributed by atoms with E-state index in [1.165, 1.54) is 35.6 Å². The number of anilines is 1. The lowest BCUT2D eigenvalue weighted by Crippen LogP contribution is -2.12. The molecule has 1 heterocycles. The molecule has 0 aliphatic heterocycles. The SMILES string of the molecule is O=C(Nc1nc(-c2ccc(F)cc2)cs1)c1ccc([N+](=O)[O-])cc1Cl. The monoisotopic (exact) mass is 377 g/mol.